The van der Waals surface area contributed by atoms with Crippen molar-refractivity contribution in [2.75, 3.05) is 0 Å². The Morgan fingerprint density at radius 3 is 2.75 bits per heavy atom. The molecule has 1 amide bonds. The van der Waals surface area contributed by atoms with Crippen molar-refractivity contribution >= 4 is 5.91 Å². The molecule has 4 aromatic rings. The summed E-state index contributed by atoms with van der Waals surface area (Å²) in [6.45, 7) is 4.10. The van der Waals surface area contributed by atoms with Crippen LogP contribution in [0.4, 0.5) is 0 Å². The summed E-state index contributed by atoms with van der Waals surface area (Å²) in [4.78, 5) is 17.3. The zero-order chi connectivity index (χ0) is 19.5. The summed E-state index contributed by atoms with van der Waals surface area (Å²) in [7, 11) is 0. The van der Waals surface area contributed by atoms with Gasteiger partial charge in [-0.2, -0.15) is 9.78 Å². The Hall–Kier alpha value is -3.88. The van der Waals surface area contributed by atoms with Crippen molar-refractivity contribution in [2.24, 2.45) is 0 Å². The number of H-pyrrole nitrogens is 1. The highest BCUT2D eigenvalue weighted by Gasteiger charge is 2.22. The average Bonchev–Trinajstić information content (AvgIpc) is 3.40. The number of rotatable bonds is 5. The molecule has 140 valence electrons. The van der Waals surface area contributed by atoms with E-state index in [0.29, 0.717) is 11.4 Å². The molecule has 2 N–H and O–H groups in total. The summed E-state index contributed by atoms with van der Waals surface area (Å²) in [5.74, 6) is 0.0962. The molecule has 0 radical (unpaired) electrons. The lowest BCUT2D eigenvalue weighted by Crippen LogP contribution is -2.30. The molecule has 3 heterocycles. The van der Waals surface area contributed by atoms with Gasteiger partial charge in [-0.3, -0.25) is 14.9 Å². The lowest BCUT2D eigenvalue weighted by atomic mass is 9.96. The second kappa shape index (κ2) is 7.39. The molecular weight excluding hydrogens is 356 g/mol. The summed E-state index contributed by atoms with van der Waals surface area (Å²) >= 11 is 0. The van der Waals surface area contributed by atoms with E-state index >= 15 is 0 Å². The van der Waals surface area contributed by atoms with Crippen molar-refractivity contribution in [1.82, 2.24) is 40.7 Å². The number of pyridine rings is 1. The number of nitrogens with zero attached hydrogens (tertiary/aromatic N) is 6. The van der Waals surface area contributed by atoms with Crippen LogP contribution in [-0.4, -0.2) is 41.3 Å². The lowest BCUT2D eigenvalue weighted by Gasteiger charge is -2.20. The molecule has 0 aliphatic heterocycles. The number of hydrogen-bond donors (Lipinski definition) is 2. The standard InChI is InChI=1S/C19H18N8O/c1-12-5-6-14(8-13(12)2)17(15-4-3-7-20-9-15)23-19(28)16-10-21-24-18(16)27-11-22-25-26-27/h3-11,17H,1-2H3,(H,21,24)(H,23,28)/t17-/m1/s1. The average molecular weight is 374 g/mol. The van der Waals surface area contributed by atoms with Crippen molar-refractivity contribution in [3.05, 3.63) is 83.1 Å². The van der Waals surface area contributed by atoms with Crippen molar-refractivity contribution < 1.29 is 4.79 Å². The minimum absolute atomic E-state index is 0.300. The zero-order valence-corrected chi connectivity index (χ0v) is 15.4. The molecule has 0 aliphatic rings. The summed E-state index contributed by atoms with van der Waals surface area (Å²) in [5, 5.41) is 20.8. The van der Waals surface area contributed by atoms with Gasteiger partial charge in [-0.25, -0.2) is 0 Å². The quantitative estimate of drug-likeness (QED) is 0.552. The van der Waals surface area contributed by atoms with E-state index in [4.69, 9.17) is 0 Å². The Bertz CT molecular complexity index is 1090. The van der Waals surface area contributed by atoms with E-state index in [1.807, 2.05) is 31.2 Å². The molecule has 0 fully saturated rings. The van der Waals surface area contributed by atoms with E-state index in [-0.39, 0.29) is 11.9 Å². The third-order valence-corrected chi connectivity index (χ3v) is 4.60. The van der Waals surface area contributed by atoms with E-state index in [1.165, 1.54) is 22.8 Å². The van der Waals surface area contributed by atoms with Gasteiger partial charge in [0.05, 0.1) is 12.2 Å². The van der Waals surface area contributed by atoms with Crippen molar-refractivity contribution in [2.45, 2.75) is 19.9 Å². The molecule has 1 aromatic carbocycles. The van der Waals surface area contributed by atoms with Gasteiger partial charge in [0.2, 0.25) is 0 Å². The van der Waals surface area contributed by atoms with Crippen LogP contribution in [0.1, 0.15) is 38.7 Å². The van der Waals surface area contributed by atoms with Crippen molar-refractivity contribution in [3.63, 3.8) is 0 Å². The fraction of sp³-hybridized carbons (Fsp3) is 0.158. The largest absolute Gasteiger partial charge is 0.341 e. The van der Waals surface area contributed by atoms with Crippen molar-refractivity contribution in [3.8, 4) is 5.82 Å². The summed E-state index contributed by atoms with van der Waals surface area (Å²) in [6.07, 6.45) is 6.30. The first-order valence-corrected chi connectivity index (χ1v) is 8.68. The molecule has 0 aliphatic carbocycles. The van der Waals surface area contributed by atoms with Crippen LogP contribution in [0.25, 0.3) is 5.82 Å². The smallest absolute Gasteiger partial charge is 0.257 e. The van der Waals surface area contributed by atoms with Gasteiger partial charge in [0.1, 0.15) is 11.9 Å². The van der Waals surface area contributed by atoms with Gasteiger partial charge < -0.3 is 5.32 Å². The molecule has 0 bridgehead atoms. The summed E-state index contributed by atoms with van der Waals surface area (Å²) in [6, 6.07) is 9.55. The maximum Gasteiger partial charge on any atom is 0.257 e. The molecule has 0 saturated carbocycles. The lowest BCUT2D eigenvalue weighted by molar-refractivity contribution is 0.0943. The molecule has 4 rings (SSSR count). The van der Waals surface area contributed by atoms with Gasteiger partial charge in [-0.15, -0.1) is 5.10 Å². The highest BCUT2D eigenvalue weighted by atomic mass is 16.1. The first-order chi connectivity index (χ1) is 13.6. The Balaban J connectivity index is 1.70. The van der Waals surface area contributed by atoms with Crippen LogP contribution < -0.4 is 5.32 Å². The van der Waals surface area contributed by atoms with Crippen LogP contribution in [0.3, 0.4) is 0 Å². The second-order valence-corrected chi connectivity index (χ2v) is 6.42. The highest BCUT2D eigenvalue weighted by Crippen LogP contribution is 2.24. The number of amides is 1. The SMILES string of the molecule is Cc1ccc([C@@H](NC(=O)c2cn[nH]c2-n2cnnn2)c2cccnc2)cc1C. The molecule has 0 spiro atoms. The monoisotopic (exact) mass is 374 g/mol. The van der Waals surface area contributed by atoms with Gasteiger partial charge in [0.15, 0.2) is 5.82 Å². The maximum absolute atomic E-state index is 13.1. The van der Waals surface area contributed by atoms with Gasteiger partial charge in [-0.1, -0.05) is 24.3 Å². The number of nitrogens with one attached hydrogen (secondary N) is 2. The van der Waals surface area contributed by atoms with Gasteiger partial charge in [-0.05, 0) is 52.6 Å². The van der Waals surface area contributed by atoms with Crippen LogP contribution in [0.5, 0.6) is 0 Å². The van der Waals surface area contributed by atoms with Gasteiger partial charge >= 0.3 is 0 Å². The van der Waals surface area contributed by atoms with Crippen LogP contribution in [-0.2, 0) is 0 Å². The predicted molar refractivity (Wildman–Crippen MR) is 101 cm³/mol. The Labute approximate surface area is 160 Å². The van der Waals surface area contributed by atoms with E-state index in [2.05, 4.69) is 49.0 Å². The van der Waals surface area contributed by atoms with Crippen LogP contribution >= 0.6 is 0 Å². The predicted octanol–water partition coefficient (Wildman–Crippen LogP) is 1.92. The number of carbonyl (C=O) groups excluding carboxylic acids is 1. The normalized spacial score (nSPS) is 11.9. The van der Waals surface area contributed by atoms with E-state index < -0.39 is 0 Å². The Kier molecular flexibility index (Phi) is 4.63. The first-order valence-electron chi connectivity index (χ1n) is 8.68. The van der Waals surface area contributed by atoms with Crippen LogP contribution in [0, 0.1) is 13.8 Å². The summed E-state index contributed by atoms with van der Waals surface area (Å²) in [5.41, 5.74) is 4.53. The molecule has 3 aromatic heterocycles. The van der Waals surface area contributed by atoms with Gasteiger partial charge in [0.25, 0.3) is 5.91 Å². The van der Waals surface area contributed by atoms with Crippen LogP contribution in [0.2, 0.25) is 0 Å². The number of carbonyl (C=O) groups is 1. The summed E-state index contributed by atoms with van der Waals surface area (Å²) < 4.78 is 1.36. The maximum atomic E-state index is 13.1. The van der Waals surface area contributed by atoms with E-state index in [0.717, 1.165) is 16.7 Å². The molecule has 0 saturated heterocycles. The highest BCUT2D eigenvalue weighted by molar-refractivity contribution is 5.97. The minimum atomic E-state index is -0.364. The van der Waals surface area contributed by atoms with Crippen molar-refractivity contribution in [1.29, 1.82) is 0 Å². The third kappa shape index (κ3) is 3.37. The molecular formula is C19H18N8O. The number of aromatic nitrogens is 7. The molecule has 0 unspecified atom stereocenters. The zero-order valence-electron chi connectivity index (χ0n) is 15.4. The molecule has 9 nitrogen and oxygen atoms in total. The van der Waals surface area contributed by atoms with Crippen LogP contribution in [0.15, 0.2) is 55.2 Å². The number of aromatic amines is 1. The Morgan fingerprint density at radius 1 is 1.14 bits per heavy atom. The molecule has 1 atom stereocenters. The number of aryl methyl sites for hydroxylation is 2. The topological polar surface area (TPSA) is 114 Å². The number of benzene rings is 1. The van der Waals surface area contributed by atoms with E-state index in [9.17, 15) is 4.79 Å². The molecule has 28 heavy (non-hydrogen) atoms. The fourth-order valence-electron chi connectivity index (χ4n) is 2.94. The first kappa shape index (κ1) is 17.5. The third-order valence-electron chi connectivity index (χ3n) is 4.60. The fourth-order valence-corrected chi connectivity index (χ4v) is 2.94. The van der Waals surface area contributed by atoms with E-state index in [1.54, 1.807) is 12.4 Å². The Morgan fingerprint density at radius 2 is 2.04 bits per heavy atom. The second-order valence-electron chi connectivity index (χ2n) is 6.42. The minimum Gasteiger partial charge on any atom is -0.341 e. The van der Waals surface area contributed by atoms with Gasteiger partial charge in [0, 0.05) is 12.4 Å². The molecule has 9 heteroatoms. The number of hydrogen-bond acceptors (Lipinski definition) is 6. The number of tetrazole rings is 1.